The molecule has 4 N–H and O–H groups in total. The van der Waals surface area contributed by atoms with Gasteiger partial charge < -0.3 is 10.7 Å². The second-order valence-corrected chi connectivity index (χ2v) is 9.85. The molecule has 39 heavy (non-hydrogen) atoms. The number of nitrogens with zero attached hydrogens (tertiary/aromatic N) is 1. The van der Waals surface area contributed by atoms with E-state index < -0.39 is 0 Å². The van der Waals surface area contributed by atoms with Gasteiger partial charge in [-0.2, -0.15) is 0 Å². The van der Waals surface area contributed by atoms with Gasteiger partial charge in [-0.15, -0.1) is 0 Å². The number of benzene rings is 2. The summed E-state index contributed by atoms with van der Waals surface area (Å²) >= 11 is 0. The SMILES string of the molecule is C=C/C=C(/c1ccccc1F)c1cc(C(=N)c2cc(C(/C=C(\C=C)CN3CCCC3)=C/C)ccc2N)[nH]c1C. The van der Waals surface area contributed by atoms with Gasteiger partial charge in [0.15, 0.2) is 0 Å². The zero-order valence-electron chi connectivity index (χ0n) is 22.9. The summed E-state index contributed by atoms with van der Waals surface area (Å²) in [5.74, 6) is -0.310. The predicted molar refractivity (Wildman–Crippen MR) is 164 cm³/mol. The monoisotopic (exact) mass is 520 g/mol. The molecule has 3 aromatic rings. The highest BCUT2D eigenvalue weighted by molar-refractivity contribution is 6.13. The molecule has 0 atom stereocenters. The molecule has 4 nitrogen and oxygen atoms in total. The molecule has 2 heterocycles. The van der Waals surface area contributed by atoms with Crippen LogP contribution in [0.15, 0.2) is 97.6 Å². The highest BCUT2D eigenvalue weighted by atomic mass is 19.1. The van der Waals surface area contributed by atoms with Gasteiger partial charge in [0.2, 0.25) is 0 Å². The maximum atomic E-state index is 14.7. The molecule has 1 aliphatic rings. The van der Waals surface area contributed by atoms with Crippen molar-refractivity contribution in [2.45, 2.75) is 26.7 Å². The largest absolute Gasteiger partial charge is 0.398 e. The highest BCUT2D eigenvalue weighted by Gasteiger charge is 2.18. The van der Waals surface area contributed by atoms with Crippen LogP contribution >= 0.6 is 0 Å². The number of aryl methyl sites for hydroxylation is 1. The molecule has 5 heteroatoms. The van der Waals surface area contributed by atoms with E-state index in [9.17, 15) is 4.39 Å². The van der Waals surface area contributed by atoms with Gasteiger partial charge in [-0.1, -0.05) is 67.8 Å². The molecule has 1 aromatic heterocycles. The van der Waals surface area contributed by atoms with E-state index in [1.807, 2.05) is 50.3 Å². The predicted octanol–water partition coefficient (Wildman–Crippen LogP) is 7.69. The van der Waals surface area contributed by atoms with Crippen LogP contribution in [-0.4, -0.2) is 35.2 Å². The summed E-state index contributed by atoms with van der Waals surface area (Å²) in [6.45, 7) is 14.9. The summed E-state index contributed by atoms with van der Waals surface area (Å²) in [5.41, 5.74) is 14.4. The molecule has 200 valence electrons. The number of H-pyrrole nitrogens is 1. The lowest BCUT2D eigenvalue weighted by Gasteiger charge is -2.16. The first kappa shape index (κ1) is 27.8. The van der Waals surface area contributed by atoms with E-state index in [0.717, 1.165) is 47.6 Å². The van der Waals surface area contributed by atoms with Gasteiger partial charge >= 0.3 is 0 Å². The van der Waals surface area contributed by atoms with Gasteiger partial charge in [0, 0.05) is 34.6 Å². The van der Waals surface area contributed by atoms with E-state index in [2.05, 4.69) is 35.2 Å². The van der Waals surface area contributed by atoms with Crippen LogP contribution in [0.3, 0.4) is 0 Å². The van der Waals surface area contributed by atoms with E-state index in [1.54, 1.807) is 24.3 Å². The van der Waals surface area contributed by atoms with Crippen molar-refractivity contribution in [2.75, 3.05) is 25.4 Å². The summed E-state index contributed by atoms with van der Waals surface area (Å²) in [4.78, 5) is 5.77. The zero-order chi connectivity index (χ0) is 27.9. The Hall–Kier alpha value is -4.22. The van der Waals surface area contributed by atoms with Crippen molar-refractivity contribution in [2.24, 2.45) is 0 Å². The maximum Gasteiger partial charge on any atom is 0.131 e. The Morgan fingerprint density at radius 2 is 1.82 bits per heavy atom. The van der Waals surface area contributed by atoms with Crippen LogP contribution in [0.1, 0.15) is 53.4 Å². The summed E-state index contributed by atoms with van der Waals surface area (Å²) in [6, 6.07) is 14.4. The number of aromatic nitrogens is 1. The fourth-order valence-electron chi connectivity index (χ4n) is 5.09. The fraction of sp³-hybridized carbons (Fsp3) is 0.206. The van der Waals surface area contributed by atoms with Crippen LogP contribution < -0.4 is 5.73 Å². The van der Waals surface area contributed by atoms with Gasteiger partial charge in [0.1, 0.15) is 5.82 Å². The molecule has 0 saturated carbocycles. The second-order valence-electron chi connectivity index (χ2n) is 9.85. The van der Waals surface area contributed by atoms with E-state index in [1.165, 1.54) is 18.9 Å². The molecule has 2 aromatic carbocycles. The Labute approximate surface area is 231 Å². The molecular formula is C34H37FN4. The average molecular weight is 521 g/mol. The van der Waals surface area contributed by atoms with Crippen molar-refractivity contribution in [3.63, 3.8) is 0 Å². The van der Waals surface area contributed by atoms with Gasteiger partial charge in [-0.05, 0) is 86.3 Å². The number of hydrogen-bond acceptors (Lipinski definition) is 3. The van der Waals surface area contributed by atoms with Gasteiger partial charge in [0.25, 0.3) is 0 Å². The number of aromatic amines is 1. The average Bonchev–Trinajstić information content (AvgIpc) is 3.59. The third kappa shape index (κ3) is 6.27. The molecule has 0 bridgehead atoms. The van der Waals surface area contributed by atoms with E-state index in [0.29, 0.717) is 28.1 Å². The Morgan fingerprint density at radius 1 is 1.08 bits per heavy atom. The number of nitrogen functional groups attached to an aromatic ring is 1. The molecule has 0 radical (unpaired) electrons. The van der Waals surface area contributed by atoms with Crippen LogP contribution in [0.4, 0.5) is 10.1 Å². The van der Waals surface area contributed by atoms with E-state index in [4.69, 9.17) is 11.1 Å². The van der Waals surface area contributed by atoms with E-state index >= 15 is 0 Å². The number of allylic oxidation sites excluding steroid dienone is 5. The smallest absolute Gasteiger partial charge is 0.131 e. The minimum Gasteiger partial charge on any atom is -0.398 e. The van der Waals surface area contributed by atoms with Crippen LogP contribution in [-0.2, 0) is 0 Å². The normalized spacial score (nSPS) is 15.0. The van der Waals surface area contributed by atoms with Crippen LogP contribution in [0.5, 0.6) is 0 Å². The number of nitrogens with one attached hydrogen (secondary N) is 2. The van der Waals surface area contributed by atoms with Crippen LogP contribution in [0, 0.1) is 18.2 Å². The molecule has 1 saturated heterocycles. The van der Waals surface area contributed by atoms with Crippen molar-refractivity contribution < 1.29 is 4.39 Å². The molecule has 0 amide bonds. The first-order valence-electron chi connectivity index (χ1n) is 13.3. The molecule has 1 fully saturated rings. The lowest BCUT2D eigenvalue weighted by atomic mass is 9.95. The summed E-state index contributed by atoms with van der Waals surface area (Å²) in [5, 5.41) is 9.05. The second kappa shape index (κ2) is 12.5. The van der Waals surface area contributed by atoms with Crippen molar-refractivity contribution in [1.82, 2.24) is 9.88 Å². The van der Waals surface area contributed by atoms with Crippen molar-refractivity contribution in [3.05, 3.63) is 137 Å². The number of likely N-dealkylation sites (tertiary alicyclic amines) is 1. The molecule has 4 rings (SSSR count). The first-order chi connectivity index (χ1) is 18.9. The Kier molecular flexibility index (Phi) is 8.95. The molecule has 0 unspecified atom stereocenters. The van der Waals surface area contributed by atoms with E-state index in [-0.39, 0.29) is 11.5 Å². The number of hydrogen-bond donors (Lipinski definition) is 3. The molecule has 1 aliphatic heterocycles. The van der Waals surface area contributed by atoms with Crippen molar-refractivity contribution in [3.8, 4) is 0 Å². The van der Waals surface area contributed by atoms with Crippen molar-refractivity contribution in [1.29, 1.82) is 5.41 Å². The van der Waals surface area contributed by atoms with Gasteiger partial charge in [-0.25, -0.2) is 4.39 Å². The Bertz CT molecular complexity index is 1480. The number of anilines is 1. The zero-order valence-corrected chi connectivity index (χ0v) is 22.9. The topological polar surface area (TPSA) is 68.9 Å². The lowest BCUT2D eigenvalue weighted by molar-refractivity contribution is 0.371. The standard InChI is InChI=1S/C34H37FN4/c1-5-12-27(28-13-8-9-14-31(28)35)29-21-33(38-23(29)4)34(37)30-20-26(15-16-32(30)36)25(7-3)19-24(6-2)22-39-17-10-11-18-39/h5-9,12-16,19-21,37-38H,1-2,10-11,17-18,22,36H2,3-4H3/b24-19+,25-7+,27-12-,37-34?. The first-order valence-corrected chi connectivity index (χ1v) is 13.3. The van der Waals surface area contributed by atoms with Crippen molar-refractivity contribution >= 4 is 22.5 Å². The minimum atomic E-state index is -0.310. The van der Waals surface area contributed by atoms with Gasteiger partial charge in [0.05, 0.1) is 11.4 Å². The minimum absolute atomic E-state index is 0.274. The summed E-state index contributed by atoms with van der Waals surface area (Å²) in [6.07, 6.45) is 12.1. The quantitative estimate of drug-likeness (QED) is 0.146. The van der Waals surface area contributed by atoms with Crippen LogP contribution in [0.25, 0.3) is 11.1 Å². The maximum absolute atomic E-state index is 14.7. The van der Waals surface area contributed by atoms with Gasteiger partial charge in [-0.3, -0.25) is 10.3 Å². The molecule has 0 spiro atoms. The Balaban J connectivity index is 1.67. The van der Waals surface area contributed by atoms with Crippen LogP contribution in [0.2, 0.25) is 0 Å². The Morgan fingerprint density at radius 3 is 2.49 bits per heavy atom. The third-order valence-corrected chi connectivity index (χ3v) is 7.20. The summed E-state index contributed by atoms with van der Waals surface area (Å²) in [7, 11) is 0. The lowest BCUT2D eigenvalue weighted by Crippen LogP contribution is -2.21. The third-order valence-electron chi connectivity index (χ3n) is 7.20. The fourth-order valence-corrected chi connectivity index (χ4v) is 5.09. The summed E-state index contributed by atoms with van der Waals surface area (Å²) < 4.78 is 14.7. The number of nitrogens with two attached hydrogens (primary N) is 1. The molecular weight excluding hydrogens is 483 g/mol. The number of halogens is 1. The highest BCUT2D eigenvalue weighted by Crippen LogP contribution is 2.31. The molecule has 0 aliphatic carbocycles. The number of rotatable bonds is 10.